The lowest BCUT2D eigenvalue weighted by molar-refractivity contribution is 0.221. The fourth-order valence-corrected chi connectivity index (χ4v) is 2.30. The smallest absolute Gasteiger partial charge is 0.263 e. The molecule has 0 saturated carbocycles. The Morgan fingerprint density at radius 1 is 0.464 bits per heavy atom. The van der Waals surface area contributed by atoms with Gasteiger partial charge in [-0.25, -0.2) is 43.9 Å². The molecule has 0 saturated heterocycles. The second-order valence-electron chi connectivity index (χ2n) is 4.83. The fraction of sp³-hybridized carbons (Fsp3) is 0.143. The van der Waals surface area contributed by atoms with E-state index in [1.807, 2.05) is 0 Å². The van der Waals surface area contributed by atoms with Crippen LogP contribution >= 0.6 is 0 Å². The standard InChI is InChI=1S/C14H4F10O3S/c15-5-3(6(16)10(20)13(23)9(5)19)1-26-28(25)27-2-4-7(17)11(21)14(24)12(22)8(4)18/h1-2H2. The van der Waals surface area contributed by atoms with E-state index in [1.165, 1.54) is 0 Å². The highest BCUT2D eigenvalue weighted by Gasteiger charge is 2.28. The first-order valence-corrected chi connectivity index (χ1v) is 7.67. The van der Waals surface area contributed by atoms with Gasteiger partial charge in [-0.2, -0.15) is 4.21 Å². The van der Waals surface area contributed by atoms with Crippen molar-refractivity contribution in [3.05, 3.63) is 69.3 Å². The molecule has 154 valence electrons. The number of hydrogen-bond acceptors (Lipinski definition) is 3. The van der Waals surface area contributed by atoms with Crippen LogP contribution in [0.2, 0.25) is 0 Å². The van der Waals surface area contributed by atoms with Gasteiger partial charge < -0.3 is 0 Å². The molecular formula is C14H4F10O3S. The molecule has 3 nitrogen and oxygen atoms in total. The van der Waals surface area contributed by atoms with Crippen molar-refractivity contribution in [2.24, 2.45) is 0 Å². The summed E-state index contributed by atoms with van der Waals surface area (Å²) in [4.78, 5) is 0. The van der Waals surface area contributed by atoms with Gasteiger partial charge in [-0.05, 0) is 0 Å². The van der Waals surface area contributed by atoms with Crippen molar-refractivity contribution in [2.45, 2.75) is 13.2 Å². The van der Waals surface area contributed by atoms with Crippen LogP contribution in [0.5, 0.6) is 0 Å². The molecule has 2 aromatic carbocycles. The molecule has 0 fully saturated rings. The Bertz CT molecular complexity index is 832. The summed E-state index contributed by atoms with van der Waals surface area (Å²) in [7, 11) is 0. The molecule has 0 aromatic heterocycles. The summed E-state index contributed by atoms with van der Waals surface area (Å²) in [6, 6.07) is 0. The second kappa shape index (κ2) is 8.45. The van der Waals surface area contributed by atoms with Crippen LogP contribution in [-0.2, 0) is 32.9 Å². The van der Waals surface area contributed by atoms with E-state index >= 15 is 0 Å². The van der Waals surface area contributed by atoms with Gasteiger partial charge in [0.05, 0.1) is 24.3 Å². The van der Waals surface area contributed by atoms with Crippen molar-refractivity contribution < 1.29 is 56.5 Å². The van der Waals surface area contributed by atoms with Crippen LogP contribution in [0.25, 0.3) is 0 Å². The summed E-state index contributed by atoms with van der Waals surface area (Å²) in [5, 5.41) is 0. The Morgan fingerprint density at radius 3 is 0.929 bits per heavy atom. The third-order valence-corrected chi connectivity index (χ3v) is 3.82. The van der Waals surface area contributed by atoms with E-state index in [9.17, 15) is 48.1 Å². The molecule has 0 unspecified atom stereocenters. The van der Waals surface area contributed by atoms with Crippen LogP contribution in [0.15, 0.2) is 0 Å². The van der Waals surface area contributed by atoms with Gasteiger partial charge >= 0.3 is 11.4 Å². The zero-order valence-electron chi connectivity index (χ0n) is 12.8. The van der Waals surface area contributed by atoms with Gasteiger partial charge in [-0.3, -0.25) is 8.37 Å². The zero-order valence-corrected chi connectivity index (χ0v) is 13.6. The first kappa shape index (κ1) is 22.1. The summed E-state index contributed by atoms with van der Waals surface area (Å²) >= 11 is -3.14. The minimum absolute atomic E-state index is 1.50. The van der Waals surface area contributed by atoms with E-state index in [0.29, 0.717) is 0 Å². The minimum Gasteiger partial charge on any atom is -0.263 e. The van der Waals surface area contributed by atoms with Crippen molar-refractivity contribution >= 4 is 11.4 Å². The largest absolute Gasteiger partial charge is 0.305 e. The lowest BCUT2D eigenvalue weighted by Gasteiger charge is -2.10. The maximum atomic E-state index is 13.4. The van der Waals surface area contributed by atoms with Crippen molar-refractivity contribution in [2.75, 3.05) is 0 Å². The average Bonchev–Trinajstić information content (AvgIpc) is 2.67. The van der Waals surface area contributed by atoms with Crippen LogP contribution in [-0.4, -0.2) is 4.21 Å². The first-order chi connectivity index (χ1) is 13.0. The van der Waals surface area contributed by atoms with Crippen molar-refractivity contribution in [3.8, 4) is 0 Å². The monoisotopic (exact) mass is 442 g/mol. The lowest BCUT2D eigenvalue weighted by Crippen LogP contribution is -2.12. The highest BCUT2D eigenvalue weighted by atomic mass is 32.2. The summed E-state index contributed by atoms with van der Waals surface area (Å²) in [6.07, 6.45) is 0. The molecule has 2 rings (SSSR count). The maximum absolute atomic E-state index is 13.4. The second-order valence-corrected chi connectivity index (χ2v) is 5.71. The average molecular weight is 442 g/mol. The van der Waals surface area contributed by atoms with Crippen LogP contribution in [0.4, 0.5) is 43.9 Å². The Labute approximate surface area is 151 Å². The van der Waals surface area contributed by atoms with E-state index in [1.54, 1.807) is 0 Å². The predicted octanol–water partition coefficient (Wildman–Crippen LogP) is 4.39. The summed E-state index contributed by atoms with van der Waals surface area (Å²) in [6.45, 7) is -3.01. The number of benzene rings is 2. The van der Waals surface area contributed by atoms with Crippen LogP contribution in [0, 0.1) is 58.2 Å². The summed E-state index contributed by atoms with van der Waals surface area (Å²) in [5.74, 6) is -23.4. The van der Waals surface area contributed by atoms with E-state index in [4.69, 9.17) is 0 Å². The Balaban J connectivity index is 2.12. The van der Waals surface area contributed by atoms with Gasteiger partial charge in [0, 0.05) is 0 Å². The number of hydrogen-bond donors (Lipinski definition) is 0. The van der Waals surface area contributed by atoms with Crippen LogP contribution < -0.4 is 0 Å². The fourth-order valence-electron chi connectivity index (χ4n) is 1.80. The van der Waals surface area contributed by atoms with Gasteiger partial charge in [-0.15, -0.1) is 0 Å². The van der Waals surface area contributed by atoms with Crippen molar-refractivity contribution in [1.82, 2.24) is 0 Å². The third-order valence-electron chi connectivity index (χ3n) is 3.20. The minimum atomic E-state index is -3.14. The lowest BCUT2D eigenvalue weighted by atomic mass is 10.2. The molecule has 0 heterocycles. The third kappa shape index (κ3) is 3.98. The topological polar surface area (TPSA) is 35.5 Å². The molecule has 0 aliphatic carbocycles. The van der Waals surface area contributed by atoms with Gasteiger partial charge in [-0.1, -0.05) is 0 Å². The summed E-state index contributed by atoms with van der Waals surface area (Å²) < 4.78 is 151. The van der Waals surface area contributed by atoms with Gasteiger partial charge in [0.25, 0.3) is 0 Å². The van der Waals surface area contributed by atoms with E-state index in [-0.39, 0.29) is 0 Å². The molecule has 28 heavy (non-hydrogen) atoms. The normalized spacial score (nSPS) is 11.5. The Morgan fingerprint density at radius 2 is 0.679 bits per heavy atom. The van der Waals surface area contributed by atoms with Crippen LogP contribution in [0.3, 0.4) is 0 Å². The van der Waals surface area contributed by atoms with Gasteiger partial charge in [0.2, 0.25) is 11.6 Å². The molecule has 0 aliphatic rings. The first-order valence-electron chi connectivity index (χ1n) is 6.67. The molecular weight excluding hydrogens is 438 g/mol. The summed E-state index contributed by atoms with van der Waals surface area (Å²) in [5.41, 5.74) is -3.07. The Hall–Kier alpha value is -2.19. The molecule has 0 spiro atoms. The molecule has 0 atom stereocenters. The van der Waals surface area contributed by atoms with Crippen molar-refractivity contribution in [3.63, 3.8) is 0 Å². The molecule has 0 bridgehead atoms. The maximum Gasteiger partial charge on any atom is 0.305 e. The van der Waals surface area contributed by atoms with E-state index in [2.05, 4.69) is 8.37 Å². The molecule has 14 heteroatoms. The Kier molecular flexibility index (Phi) is 6.67. The molecule has 0 N–H and O–H groups in total. The molecule has 0 amide bonds. The van der Waals surface area contributed by atoms with E-state index < -0.39 is 93.9 Å². The van der Waals surface area contributed by atoms with Crippen molar-refractivity contribution in [1.29, 1.82) is 0 Å². The highest BCUT2D eigenvalue weighted by molar-refractivity contribution is 7.75. The predicted molar refractivity (Wildman–Crippen MR) is 70.2 cm³/mol. The quantitative estimate of drug-likeness (QED) is 0.378. The zero-order chi connectivity index (χ0) is 21.3. The SMILES string of the molecule is O=S(OCc1c(F)c(F)c(F)c(F)c1F)OCc1c(F)c(F)c(F)c(F)c1F. The van der Waals surface area contributed by atoms with E-state index in [0.717, 1.165) is 0 Å². The van der Waals surface area contributed by atoms with Gasteiger partial charge in [0.1, 0.15) is 0 Å². The molecule has 2 aromatic rings. The molecule has 0 aliphatic heterocycles. The highest BCUT2D eigenvalue weighted by Crippen LogP contribution is 2.25. The van der Waals surface area contributed by atoms with Crippen LogP contribution in [0.1, 0.15) is 11.1 Å². The molecule has 0 radical (unpaired) electrons. The van der Waals surface area contributed by atoms with Gasteiger partial charge in [0.15, 0.2) is 46.5 Å². The number of halogens is 10. The number of rotatable bonds is 6.